The van der Waals surface area contributed by atoms with Gasteiger partial charge in [-0.3, -0.25) is 4.79 Å². The maximum Gasteiger partial charge on any atom is 0.264 e. The van der Waals surface area contributed by atoms with Crippen LogP contribution in [0.25, 0.3) is 11.3 Å². The van der Waals surface area contributed by atoms with Crippen LogP contribution in [0.15, 0.2) is 72.1 Å². The van der Waals surface area contributed by atoms with Crippen LogP contribution in [-0.2, 0) is 13.6 Å². The van der Waals surface area contributed by atoms with Gasteiger partial charge in [-0.25, -0.2) is 9.07 Å². The molecule has 1 amide bonds. The monoisotopic (exact) mass is 461 g/mol. The number of halogens is 1. The van der Waals surface area contributed by atoms with Crippen molar-refractivity contribution in [3.63, 3.8) is 0 Å². The first-order chi connectivity index (χ1) is 16.1. The summed E-state index contributed by atoms with van der Waals surface area (Å²) < 4.78 is 22.1. The minimum Gasteiger partial charge on any atom is -0.436 e. The van der Waals surface area contributed by atoms with Crippen LogP contribution in [0.2, 0.25) is 0 Å². The third-order valence-corrected chi connectivity index (χ3v) is 6.58. The Balaban J connectivity index is 1.57. The number of amides is 1. The number of carbonyl (C=O) groups excluding carboxylic acids is 1. The van der Waals surface area contributed by atoms with E-state index in [1.54, 1.807) is 29.9 Å². The van der Waals surface area contributed by atoms with Gasteiger partial charge in [-0.2, -0.15) is 5.10 Å². The van der Waals surface area contributed by atoms with E-state index in [1.807, 2.05) is 52.7 Å². The third kappa shape index (κ3) is 4.68. The summed E-state index contributed by atoms with van der Waals surface area (Å²) in [5.41, 5.74) is 2.41. The van der Waals surface area contributed by atoms with Gasteiger partial charge in [0.25, 0.3) is 5.91 Å². The Morgan fingerprint density at radius 3 is 2.58 bits per heavy atom. The number of hydrogen-bond acceptors (Lipinski definition) is 4. The molecule has 2 aromatic heterocycles. The Bertz CT molecular complexity index is 1250. The molecule has 1 saturated carbocycles. The van der Waals surface area contributed by atoms with E-state index >= 15 is 0 Å². The fourth-order valence-electron chi connectivity index (χ4n) is 3.86. The molecule has 168 valence electrons. The van der Waals surface area contributed by atoms with Gasteiger partial charge in [0.05, 0.1) is 17.0 Å². The molecule has 33 heavy (non-hydrogen) atoms. The average Bonchev–Trinajstić information content (AvgIpc) is 3.37. The van der Waals surface area contributed by atoms with E-state index in [4.69, 9.17) is 9.84 Å². The van der Waals surface area contributed by atoms with Crippen molar-refractivity contribution < 1.29 is 13.9 Å². The van der Waals surface area contributed by atoms with Gasteiger partial charge in [0.2, 0.25) is 5.88 Å². The molecule has 5 nitrogen and oxygen atoms in total. The number of thiophene rings is 1. The number of benzene rings is 2. The average molecular weight is 462 g/mol. The predicted molar refractivity (Wildman–Crippen MR) is 127 cm³/mol. The molecular formula is C26H24FN3O2S. The van der Waals surface area contributed by atoms with Crippen molar-refractivity contribution in [2.24, 2.45) is 13.0 Å². The first-order valence-corrected chi connectivity index (χ1v) is 11.8. The highest BCUT2D eigenvalue weighted by Gasteiger charge is 2.30. The lowest BCUT2D eigenvalue weighted by molar-refractivity contribution is 0.0739. The van der Waals surface area contributed by atoms with Gasteiger partial charge in [-0.1, -0.05) is 48.5 Å². The van der Waals surface area contributed by atoms with Crippen LogP contribution in [0, 0.1) is 11.7 Å². The summed E-state index contributed by atoms with van der Waals surface area (Å²) in [7, 11) is 1.78. The number of rotatable bonds is 8. The van der Waals surface area contributed by atoms with Crippen molar-refractivity contribution in [2.45, 2.75) is 19.4 Å². The third-order valence-electron chi connectivity index (χ3n) is 5.72. The highest BCUT2D eigenvalue weighted by atomic mass is 32.1. The maximum atomic E-state index is 14.4. The van der Waals surface area contributed by atoms with E-state index in [0.717, 1.165) is 29.7 Å². The van der Waals surface area contributed by atoms with Gasteiger partial charge in [-0.15, -0.1) is 11.3 Å². The lowest BCUT2D eigenvalue weighted by Gasteiger charge is -2.23. The highest BCUT2D eigenvalue weighted by molar-refractivity contribution is 7.12. The SMILES string of the molecule is Cn1nc(-c2ccccc2)c(CN(CC2CC2)C(=O)c2cccs2)c1Oc1ccccc1F. The summed E-state index contributed by atoms with van der Waals surface area (Å²) in [5.74, 6) is 0.618. The smallest absolute Gasteiger partial charge is 0.264 e. The Hall–Kier alpha value is -3.45. The normalized spacial score (nSPS) is 13.2. The molecule has 0 unspecified atom stereocenters. The first-order valence-electron chi connectivity index (χ1n) is 11.0. The Morgan fingerprint density at radius 1 is 1.12 bits per heavy atom. The largest absolute Gasteiger partial charge is 0.436 e. The molecule has 0 N–H and O–H groups in total. The molecule has 1 fully saturated rings. The quantitative estimate of drug-likeness (QED) is 0.317. The van der Waals surface area contributed by atoms with Crippen LogP contribution >= 0.6 is 11.3 Å². The Labute approximate surface area is 196 Å². The Morgan fingerprint density at radius 2 is 1.88 bits per heavy atom. The molecule has 0 radical (unpaired) electrons. The van der Waals surface area contributed by atoms with Crippen LogP contribution in [0.4, 0.5) is 4.39 Å². The summed E-state index contributed by atoms with van der Waals surface area (Å²) >= 11 is 1.44. The predicted octanol–water partition coefficient (Wildman–Crippen LogP) is 6.13. The highest BCUT2D eigenvalue weighted by Crippen LogP contribution is 2.37. The zero-order valence-electron chi connectivity index (χ0n) is 18.3. The van der Waals surface area contributed by atoms with Gasteiger partial charge in [0.15, 0.2) is 11.6 Å². The zero-order chi connectivity index (χ0) is 22.8. The van der Waals surface area contributed by atoms with E-state index in [0.29, 0.717) is 29.8 Å². The lowest BCUT2D eigenvalue weighted by Crippen LogP contribution is -2.32. The molecule has 0 aliphatic heterocycles. The fourth-order valence-corrected chi connectivity index (χ4v) is 4.55. The summed E-state index contributed by atoms with van der Waals surface area (Å²) in [4.78, 5) is 15.9. The van der Waals surface area contributed by atoms with Gasteiger partial charge < -0.3 is 9.64 Å². The molecule has 1 aliphatic rings. The number of nitrogens with zero attached hydrogens (tertiary/aromatic N) is 3. The van der Waals surface area contributed by atoms with E-state index in [-0.39, 0.29) is 11.7 Å². The number of aromatic nitrogens is 2. The zero-order valence-corrected chi connectivity index (χ0v) is 19.1. The van der Waals surface area contributed by atoms with Crippen molar-refractivity contribution in [1.29, 1.82) is 0 Å². The summed E-state index contributed by atoms with van der Waals surface area (Å²) in [5, 5.41) is 6.62. The minimum atomic E-state index is -0.449. The van der Waals surface area contributed by atoms with E-state index in [1.165, 1.54) is 17.4 Å². The molecule has 5 rings (SSSR count). The van der Waals surface area contributed by atoms with Gasteiger partial charge in [0.1, 0.15) is 5.69 Å². The van der Waals surface area contributed by atoms with Gasteiger partial charge >= 0.3 is 0 Å². The summed E-state index contributed by atoms with van der Waals surface area (Å²) in [6, 6.07) is 19.8. The van der Waals surface area contributed by atoms with Crippen LogP contribution < -0.4 is 4.74 Å². The molecule has 2 heterocycles. The second-order valence-corrected chi connectivity index (χ2v) is 9.21. The molecule has 0 spiro atoms. The number of ether oxygens (including phenoxy) is 1. The van der Waals surface area contributed by atoms with Crippen molar-refractivity contribution in [3.8, 4) is 22.9 Å². The Kier molecular flexibility index (Phi) is 5.96. The van der Waals surface area contributed by atoms with E-state index < -0.39 is 5.82 Å². The van der Waals surface area contributed by atoms with Crippen LogP contribution in [-0.4, -0.2) is 27.1 Å². The second kappa shape index (κ2) is 9.19. The fraction of sp³-hybridized carbons (Fsp3) is 0.231. The molecule has 0 saturated heterocycles. The lowest BCUT2D eigenvalue weighted by atomic mass is 10.1. The molecule has 4 aromatic rings. The van der Waals surface area contributed by atoms with Crippen molar-refractivity contribution in [2.75, 3.05) is 6.54 Å². The van der Waals surface area contributed by atoms with Crippen LogP contribution in [0.3, 0.4) is 0 Å². The molecular weight excluding hydrogens is 437 g/mol. The molecule has 0 atom stereocenters. The molecule has 7 heteroatoms. The number of carbonyl (C=O) groups is 1. The van der Waals surface area contributed by atoms with Crippen LogP contribution in [0.5, 0.6) is 11.6 Å². The summed E-state index contributed by atoms with van der Waals surface area (Å²) in [6.45, 7) is 1.01. The minimum absolute atomic E-state index is 0.00314. The maximum absolute atomic E-state index is 14.4. The molecule has 2 aromatic carbocycles. The second-order valence-electron chi connectivity index (χ2n) is 8.26. The van der Waals surface area contributed by atoms with Crippen molar-refractivity contribution in [3.05, 3.63) is 88.4 Å². The number of hydrogen-bond donors (Lipinski definition) is 0. The molecule has 1 aliphatic carbocycles. The van der Waals surface area contributed by atoms with Gasteiger partial charge in [0, 0.05) is 19.2 Å². The van der Waals surface area contributed by atoms with Crippen molar-refractivity contribution >= 4 is 17.2 Å². The van der Waals surface area contributed by atoms with E-state index in [9.17, 15) is 9.18 Å². The molecule has 0 bridgehead atoms. The van der Waals surface area contributed by atoms with E-state index in [2.05, 4.69) is 0 Å². The van der Waals surface area contributed by atoms with Crippen LogP contribution in [0.1, 0.15) is 28.1 Å². The first kappa shape index (κ1) is 21.4. The standard InChI is InChI=1S/C26H24FN3O2S/c1-29-26(32-22-11-6-5-10-21(22)27)20(24(28-29)19-8-3-2-4-9-19)17-30(16-18-13-14-18)25(31)23-12-7-15-33-23/h2-12,15,18H,13-14,16-17H2,1H3. The number of para-hydroxylation sites is 1. The topological polar surface area (TPSA) is 47.4 Å². The van der Waals surface area contributed by atoms with Crippen molar-refractivity contribution in [1.82, 2.24) is 14.7 Å². The van der Waals surface area contributed by atoms with Gasteiger partial charge in [-0.05, 0) is 42.3 Å². The number of aryl methyl sites for hydroxylation is 1. The summed E-state index contributed by atoms with van der Waals surface area (Å²) in [6.07, 6.45) is 2.26.